The molecule has 2 atom stereocenters. The lowest BCUT2D eigenvalue weighted by Crippen LogP contribution is -2.33. The van der Waals surface area contributed by atoms with E-state index >= 15 is 0 Å². The van der Waals surface area contributed by atoms with Crippen LogP contribution in [0.1, 0.15) is 12.5 Å². The van der Waals surface area contributed by atoms with Crippen molar-refractivity contribution in [1.82, 2.24) is 10.7 Å². The number of carbonyl (C=O) groups excluding carboxylic acids is 3. The minimum atomic E-state index is -1.87. The zero-order valence-electron chi connectivity index (χ0n) is 13.5. The molecule has 0 radical (unpaired) electrons. The van der Waals surface area contributed by atoms with Crippen LogP contribution in [0.5, 0.6) is 0 Å². The average molecular weight is 384 g/mol. The highest BCUT2D eigenvalue weighted by atomic mass is 32.2. The molecule has 3 amide bonds. The van der Waals surface area contributed by atoms with Gasteiger partial charge in [-0.15, -0.1) is 0 Å². The van der Waals surface area contributed by atoms with E-state index in [1.54, 1.807) is 0 Å². The van der Waals surface area contributed by atoms with Crippen LogP contribution in [0.25, 0.3) is 0 Å². The number of ether oxygens (including phenoxy) is 1. The molecular formula is C15H14F2N4O4S. The van der Waals surface area contributed by atoms with Gasteiger partial charge < -0.3 is 10.1 Å². The van der Waals surface area contributed by atoms with Gasteiger partial charge in [0.1, 0.15) is 17.0 Å². The van der Waals surface area contributed by atoms with Gasteiger partial charge in [-0.05, 0) is 18.2 Å². The molecule has 2 aliphatic rings. The van der Waals surface area contributed by atoms with Gasteiger partial charge in [-0.25, -0.2) is 19.0 Å². The van der Waals surface area contributed by atoms with E-state index in [1.807, 2.05) is 5.43 Å². The van der Waals surface area contributed by atoms with Gasteiger partial charge in [0.15, 0.2) is 0 Å². The molecule has 2 N–H and O–H groups in total. The standard InChI is InChI=1S/C15H14F2N4O4S/c1-7(22)18-5-9-6-21(15(24)25-9)8-2-3-10(11(16)4-8)14-20-19-13(23)12(17)26-14/h2-4,9,12H,5-6H2,1H3,(H,18,22)(H,19,23)/t9-,12?/m0/s1. The fraction of sp³-hybridized carbons (Fsp3) is 0.333. The zero-order chi connectivity index (χ0) is 18.8. The number of hydrogen-bond acceptors (Lipinski definition) is 6. The van der Waals surface area contributed by atoms with Crippen molar-refractivity contribution in [1.29, 1.82) is 0 Å². The molecule has 11 heteroatoms. The number of alkyl halides is 1. The summed E-state index contributed by atoms with van der Waals surface area (Å²) in [4.78, 5) is 35.2. The minimum absolute atomic E-state index is 0.00348. The van der Waals surface area contributed by atoms with E-state index in [2.05, 4.69) is 10.4 Å². The maximum atomic E-state index is 14.4. The number of thioether (sulfide) groups is 1. The summed E-state index contributed by atoms with van der Waals surface area (Å²) in [5.74, 6) is -1.88. The quantitative estimate of drug-likeness (QED) is 0.810. The second-order valence-electron chi connectivity index (χ2n) is 5.54. The molecule has 0 spiro atoms. The molecule has 0 aromatic heterocycles. The molecule has 2 aliphatic heterocycles. The number of halogens is 2. The van der Waals surface area contributed by atoms with E-state index in [0.717, 1.165) is 6.07 Å². The molecule has 0 bridgehead atoms. The van der Waals surface area contributed by atoms with Crippen LogP contribution in [-0.4, -0.2) is 47.6 Å². The number of amides is 3. The van der Waals surface area contributed by atoms with Crippen molar-refractivity contribution in [3.63, 3.8) is 0 Å². The fourth-order valence-electron chi connectivity index (χ4n) is 2.40. The first kappa shape index (κ1) is 18.1. The van der Waals surface area contributed by atoms with Gasteiger partial charge in [0.2, 0.25) is 11.4 Å². The Bertz CT molecular complexity index is 804. The van der Waals surface area contributed by atoms with Crippen LogP contribution in [0.4, 0.5) is 19.3 Å². The fourth-order valence-corrected chi connectivity index (χ4v) is 3.15. The third kappa shape index (κ3) is 3.77. The van der Waals surface area contributed by atoms with Crippen molar-refractivity contribution < 1.29 is 27.9 Å². The largest absolute Gasteiger partial charge is 0.442 e. The molecular weight excluding hydrogens is 370 g/mol. The molecule has 1 aromatic rings. The zero-order valence-corrected chi connectivity index (χ0v) is 14.3. The van der Waals surface area contributed by atoms with Gasteiger partial charge >= 0.3 is 6.09 Å². The van der Waals surface area contributed by atoms with Crippen LogP contribution in [0.15, 0.2) is 23.3 Å². The first-order valence-corrected chi connectivity index (χ1v) is 8.44. The molecule has 2 heterocycles. The number of hydrogen-bond donors (Lipinski definition) is 2. The maximum Gasteiger partial charge on any atom is 0.414 e. The maximum absolute atomic E-state index is 14.4. The number of anilines is 1. The highest BCUT2D eigenvalue weighted by Gasteiger charge is 2.33. The monoisotopic (exact) mass is 384 g/mol. The lowest BCUT2D eigenvalue weighted by atomic mass is 10.2. The molecule has 1 fully saturated rings. The van der Waals surface area contributed by atoms with Crippen LogP contribution < -0.4 is 15.6 Å². The second kappa shape index (κ2) is 7.28. The van der Waals surface area contributed by atoms with Crippen LogP contribution >= 0.6 is 11.8 Å². The van der Waals surface area contributed by atoms with Gasteiger partial charge in [0, 0.05) is 12.5 Å². The summed E-state index contributed by atoms with van der Waals surface area (Å²) in [6.07, 6.45) is -1.21. The van der Waals surface area contributed by atoms with Crippen molar-refractivity contribution in [2.45, 2.75) is 18.5 Å². The van der Waals surface area contributed by atoms with Gasteiger partial charge in [0.05, 0.1) is 18.8 Å². The van der Waals surface area contributed by atoms with Crippen LogP contribution in [0, 0.1) is 5.82 Å². The third-order valence-electron chi connectivity index (χ3n) is 3.64. The van der Waals surface area contributed by atoms with Crippen LogP contribution in [-0.2, 0) is 14.3 Å². The lowest BCUT2D eigenvalue weighted by Gasteiger charge is -2.17. The van der Waals surface area contributed by atoms with Gasteiger partial charge in [-0.3, -0.25) is 14.5 Å². The Morgan fingerprint density at radius 3 is 2.92 bits per heavy atom. The Balaban J connectivity index is 1.75. The molecule has 26 heavy (non-hydrogen) atoms. The number of nitrogens with one attached hydrogen (secondary N) is 2. The smallest absolute Gasteiger partial charge is 0.414 e. The normalized spacial score (nSPS) is 22.6. The Labute approximate surface area is 150 Å². The minimum Gasteiger partial charge on any atom is -0.442 e. The first-order chi connectivity index (χ1) is 12.3. The number of hydrazone groups is 1. The van der Waals surface area contributed by atoms with Gasteiger partial charge in [-0.2, -0.15) is 5.10 Å². The Kier molecular flexibility index (Phi) is 5.07. The topological polar surface area (TPSA) is 100 Å². The second-order valence-corrected chi connectivity index (χ2v) is 6.58. The van der Waals surface area contributed by atoms with E-state index in [-0.39, 0.29) is 35.3 Å². The highest BCUT2D eigenvalue weighted by Crippen LogP contribution is 2.28. The van der Waals surface area contributed by atoms with Crippen molar-refractivity contribution in [3.8, 4) is 0 Å². The summed E-state index contributed by atoms with van der Waals surface area (Å²) in [6, 6.07) is 3.91. The first-order valence-electron chi connectivity index (χ1n) is 7.56. The van der Waals surface area contributed by atoms with Crippen molar-refractivity contribution in [3.05, 3.63) is 29.6 Å². The molecule has 1 unspecified atom stereocenters. The molecule has 1 aromatic carbocycles. The summed E-state index contributed by atoms with van der Waals surface area (Å²) in [5, 5.41) is 6.18. The van der Waals surface area contributed by atoms with E-state index in [0.29, 0.717) is 11.8 Å². The Morgan fingerprint density at radius 1 is 1.50 bits per heavy atom. The van der Waals surface area contributed by atoms with Gasteiger partial charge in [0.25, 0.3) is 5.91 Å². The van der Waals surface area contributed by atoms with E-state index in [9.17, 15) is 23.2 Å². The lowest BCUT2D eigenvalue weighted by molar-refractivity contribution is -0.123. The highest BCUT2D eigenvalue weighted by molar-refractivity contribution is 8.15. The molecule has 1 saturated heterocycles. The van der Waals surface area contributed by atoms with Crippen molar-refractivity contribution >= 4 is 40.4 Å². The van der Waals surface area contributed by atoms with E-state index < -0.39 is 29.4 Å². The summed E-state index contributed by atoms with van der Waals surface area (Å²) in [5.41, 5.74) is 0.367. The van der Waals surface area contributed by atoms with Crippen LogP contribution in [0.3, 0.4) is 0 Å². The number of carbonyl (C=O) groups is 3. The Morgan fingerprint density at radius 2 is 2.27 bits per heavy atom. The molecule has 138 valence electrons. The van der Waals surface area contributed by atoms with Crippen LogP contribution in [0.2, 0.25) is 0 Å². The summed E-state index contributed by atoms with van der Waals surface area (Å²) < 4.78 is 33.0. The summed E-state index contributed by atoms with van der Waals surface area (Å²) in [6.45, 7) is 1.65. The average Bonchev–Trinajstić information content (AvgIpc) is 2.96. The molecule has 8 nitrogen and oxygen atoms in total. The Hall–Kier alpha value is -2.69. The van der Waals surface area contributed by atoms with E-state index in [1.165, 1.54) is 24.0 Å². The number of cyclic esters (lactones) is 1. The third-order valence-corrected chi connectivity index (χ3v) is 4.59. The molecule has 3 rings (SSSR count). The predicted octanol–water partition coefficient (Wildman–Crippen LogP) is 1.11. The van der Waals surface area contributed by atoms with Gasteiger partial charge in [-0.1, -0.05) is 11.8 Å². The van der Waals surface area contributed by atoms with Crippen molar-refractivity contribution in [2.24, 2.45) is 5.10 Å². The van der Waals surface area contributed by atoms with Crippen molar-refractivity contribution in [2.75, 3.05) is 18.0 Å². The summed E-state index contributed by atoms with van der Waals surface area (Å²) in [7, 11) is 0. The summed E-state index contributed by atoms with van der Waals surface area (Å²) >= 11 is 0.496. The number of benzene rings is 1. The molecule has 0 aliphatic carbocycles. The predicted molar refractivity (Wildman–Crippen MR) is 89.9 cm³/mol. The number of nitrogens with zero attached hydrogens (tertiary/aromatic N) is 2. The van der Waals surface area contributed by atoms with E-state index in [4.69, 9.17) is 4.74 Å². The molecule has 0 saturated carbocycles. The number of rotatable bonds is 4. The SMILES string of the molecule is CC(=O)NC[C@H]1CN(c2ccc(C3=NNC(=O)C(F)S3)c(F)c2)C(=O)O1.